The quantitative estimate of drug-likeness (QED) is 0.0261. The van der Waals surface area contributed by atoms with Gasteiger partial charge in [-0.05, 0) is 128 Å². The second-order valence-corrected chi connectivity index (χ2v) is 20.2. The molecule has 0 radical (unpaired) electrons. The van der Waals surface area contributed by atoms with Crippen LogP contribution in [0.4, 0.5) is 0 Å². The zero-order chi connectivity index (χ0) is 56.4. The van der Waals surface area contributed by atoms with E-state index in [4.69, 9.17) is 14.2 Å². The number of esters is 3. The van der Waals surface area contributed by atoms with Gasteiger partial charge >= 0.3 is 17.9 Å². The van der Waals surface area contributed by atoms with Gasteiger partial charge in [0.25, 0.3) is 0 Å². The van der Waals surface area contributed by atoms with Crippen molar-refractivity contribution in [3.63, 3.8) is 0 Å². The summed E-state index contributed by atoms with van der Waals surface area (Å²) < 4.78 is 16.8. The molecule has 0 heterocycles. The van der Waals surface area contributed by atoms with Gasteiger partial charge in [-0.15, -0.1) is 0 Å². The molecule has 0 rings (SSSR count). The van der Waals surface area contributed by atoms with Crippen LogP contribution in [-0.4, -0.2) is 37.2 Å². The van der Waals surface area contributed by atoms with Gasteiger partial charge in [-0.1, -0.05) is 269 Å². The Labute approximate surface area is 480 Å². The predicted molar refractivity (Wildman–Crippen MR) is 338 cm³/mol. The average Bonchev–Trinajstić information content (AvgIpc) is 3.44. The number of hydrogen-bond donors (Lipinski definition) is 0. The van der Waals surface area contributed by atoms with Crippen LogP contribution in [0.25, 0.3) is 0 Å². The topological polar surface area (TPSA) is 78.9 Å². The van der Waals surface area contributed by atoms with Crippen LogP contribution in [0, 0.1) is 0 Å². The molecule has 0 amide bonds. The van der Waals surface area contributed by atoms with E-state index in [1.807, 2.05) is 0 Å². The van der Waals surface area contributed by atoms with Crippen LogP contribution in [0.5, 0.6) is 0 Å². The summed E-state index contributed by atoms with van der Waals surface area (Å²) in [5, 5.41) is 0. The van der Waals surface area contributed by atoms with Gasteiger partial charge in [0, 0.05) is 19.3 Å². The normalized spacial score (nSPS) is 13.2. The molecule has 0 aliphatic rings. The molecule has 0 fully saturated rings. The van der Waals surface area contributed by atoms with E-state index < -0.39 is 6.10 Å². The van der Waals surface area contributed by atoms with Crippen molar-refractivity contribution in [3.8, 4) is 0 Å². The van der Waals surface area contributed by atoms with E-state index in [1.165, 1.54) is 57.8 Å². The van der Waals surface area contributed by atoms with E-state index in [0.29, 0.717) is 19.3 Å². The lowest BCUT2D eigenvalue weighted by atomic mass is 10.1. The maximum atomic E-state index is 12.9. The first-order valence-corrected chi connectivity index (χ1v) is 31.5. The molecule has 78 heavy (non-hydrogen) atoms. The Morgan fingerprint density at radius 2 is 0.500 bits per heavy atom. The van der Waals surface area contributed by atoms with E-state index in [0.717, 1.165) is 161 Å². The first-order valence-electron chi connectivity index (χ1n) is 31.5. The molecule has 0 bridgehead atoms. The van der Waals surface area contributed by atoms with Gasteiger partial charge in [0.15, 0.2) is 6.10 Å². The molecule has 0 spiro atoms. The van der Waals surface area contributed by atoms with Gasteiger partial charge in [-0.3, -0.25) is 14.4 Å². The molecule has 1 atom stereocenters. The van der Waals surface area contributed by atoms with Crippen molar-refractivity contribution in [3.05, 3.63) is 158 Å². The Hall–Kier alpha value is -4.97. The lowest BCUT2D eigenvalue weighted by Crippen LogP contribution is -2.30. The SMILES string of the molecule is CC/C=C\C/C=C\C/C=C\C/C=C\C/C=C\C/C=C\C/C=C\CCCCCCCCCC(=O)OCC(COC(=O)CCCCCCCCCC)OC(=O)CCCCCC/C=C\C/C=C\C/C=C\C/C=C\C/C=C\C/C=C\CC. The molecule has 0 aromatic heterocycles. The lowest BCUT2D eigenvalue weighted by Gasteiger charge is -2.18. The van der Waals surface area contributed by atoms with Gasteiger partial charge in [0.05, 0.1) is 0 Å². The largest absolute Gasteiger partial charge is 0.462 e. The Kier molecular flexibility index (Phi) is 60.4. The summed E-state index contributed by atoms with van der Waals surface area (Å²) in [5.41, 5.74) is 0. The van der Waals surface area contributed by atoms with Crippen LogP contribution in [0.3, 0.4) is 0 Å². The fourth-order valence-electron chi connectivity index (χ4n) is 8.13. The maximum absolute atomic E-state index is 12.9. The van der Waals surface area contributed by atoms with E-state index in [9.17, 15) is 14.4 Å². The van der Waals surface area contributed by atoms with Gasteiger partial charge in [0.2, 0.25) is 0 Å². The van der Waals surface area contributed by atoms with Gasteiger partial charge < -0.3 is 14.2 Å². The highest BCUT2D eigenvalue weighted by Gasteiger charge is 2.19. The Balaban J connectivity index is 4.31. The second kappa shape index (κ2) is 64.6. The van der Waals surface area contributed by atoms with Crippen LogP contribution in [-0.2, 0) is 28.6 Å². The number of carbonyl (C=O) groups is 3. The Morgan fingerprint density at radius 3 is 0.782 bits per heavy atom. The third-order valence-corrected chi connectivity index (χ3v) is 12.8. The zero-order valence-corrected chi connectivity index (χ0v) is 50.1. The molecule has 0 aromatic rings. The molecule has 6 heteroatoms. The molecule has 438 valence electrons. The highest BCUT2D eigenvalue weighted by molar-refractivity contribution is 5.71. The van der Waals surface area contributed by atoms with E-state index in [-0.39, 0.29) is 31.1 Å². The summed E-state index contributed by atoms with van der Waals surface area (Å²) >= 11 is 0. The lowest BCUT2D eigenvalue weighted by molar-refractivity contribution is -0.167. The van der Waals surface area contributed by atoms with Crippen LogP contribution >= 0.6 is 0 Å². The van der Waals surface area contributed by atoms with Crippen molar-refractivity contribution < 1.29 is 28.6 Å². The summed E-state index contributed by atoms with van der Waals surface area (Å²) in [6, 6.07) is 0. The van der Waals surface area contributed by atoms with Crippen LogP contribution in [0.15, 0.2) is 158 Å². The summed E-state index contributed by atoms with van der Waals surface area (Å²) in [7, 11) is 0. The molecule has 0 saturated heterocycles. The number of unbranched alkanes of at least 4 members (excludes halogenated alkanes) is 18. The summed E-state index contributed by atoms with van der Waals surface area (Å²) in [6.07, 6.45) is 94.0. The summed E-state index contributed by atoms with van der Waals surface area (Å²) in [6.45, 7) is 6.34. The third kappa shape index (κ3) is 61.9. The van der Waals surface area contributed by atoms with Crippen LogP contribution < -0.4 is 0 Å². The summed E-state index contributed by atoms with van der Waals surface area (Å²) in [4.78, 5) is 38.1. The molecule has 0 saturated carbocycles. The molecule has 0 aromatic carbocycles. The van der Waals surface area contributed by atoms with Crippen molar-refractivity contribution in [2.75, 3.05) is 13.2 Å². The Morgan fingerprint density at radius 1 is 0.269 bits per heavy atom. The molecular formula is C72H114O6. The fraction of sp³-hybridized carbons (Fsp3) is 0.597. The molecule has 6 nitrogen and oxygen atoms in total. The van der Waals surface area contributed by atoms with E-state index in [1.54, 1.807) is 0 Å². The van der Waals surface area contributed by atoms with Crippen molar-refractivity contribution in [1.82, 2.24) is 0 Å². The van der Waals surface area contributed by atoms with Crippen molar-refractivity contribution >= 4 is 17.9 Å². The standard InChI is InChI=1S/C72H114O6/c1-4-7-10-13-16-19-21-23-25-27-29-31-33-34-35-36-37-38-40-41-43-45-47-49-51-53-56-59-62-65-71(74)77-68-69(67-76-70(73)64-61-58-55-18-15-12-9-6-3)78-72(75)66-63-60-57-54-52-50-48-46-44-42-39-32-30-28-26-24-22-20-17-14-11-8-5-2/h7-8,10-11,16-17,19-20,23-26,29-32,34-35,37-38,41-44,48,50,69H,4-6,9,12-15,18,21-22,27-28,33,36,39-40,45-47,49,51-68H2,1-3H3/b10-7-,11-8-,19-16-,20-17-,25-23-,26-24-,31-29-,32-30-,35-34-,38-37-,43-41-,44-42-,50-48-. The van der Waals surface area contributed by atoms with E-state index >= 15 is 0 Å². The van der Waals surface area contributed by atoms with Gasteiger partial charge in [-0.2, -0.15) is 0 Å². The zero-order valence-electron chi connectivity index (χ0n) is 50.1. The van der Waals surface area contributed by atoms with Gasteiger partial charge in [-0.25, -0.2) is 0 Å². The minimum atomic E-state index is -0.802. The highest BCUT2D eigenvalue weighted by atomic mass is 16.6. The third-order valence-electron chi connectivity index (χ3n) is 12.8. The van der Waals surface area contributed by atoms with Gasteiger partial charge in [0.1, 0.15) is 13.2 Å². The summed E-state index contributed by atoms with van der Waals surface area (Å²) in [5.74, 6) is -0.943. The molecule has 1 unspecified atom stereocenters. The number of ether oxygens (including phenoxy) is 3. The average molecular weight is 1080 g/mol. The van der Waals surface area contributed by atoms with E-state index in [2.05, 4.69) is 179 Å². The smallest absolute Gasteiger partial charge is 0.306 e. The molecule has 0 aliphatic heterocycles. The second-order valence-electron chi connectivity index (χ2n) is 20.2. The minimum absolute atomic E-state index is 0.0971. The Bertz CT molecular complexity index is 1760. The molecular weight excluding hydrogens is 961 g/mol. The molecule has 0 aliphatic carbocycles. The van der Waals surface area contributed by atoms with Crippen molar-refractivity contribution in [2.45, 2.75) is 264 Å². The van der Waals surface area contributed by atoms with Crippen molar-refractivity contribution in [1.29, 1.82) is 0 Å². The van der Waals surface area contributed by atoms with Crippen LogP contribution in [0.1, 0.15) is 258 Å². The number of rotatable bonds is 55. The highest BCUT2D eigenvalue weighted by Crippen LogP contribution is 2.14. The van der Waals surface area contributed by atoms with Crippen LogP contribution in [0.2, 0.25) is 0 Å². The fourth-order valence-corrected chi connectivity index (χ4v) is 8.13. The first kappa shape index (κ1) is 73.0. The minimum Gasteiger partial charge on any atom is -0.462 e. The first-order chi connectivity index (χ1) is 38.5. The predicted octanol–water partition coefficient (Wildman–Crippen LogP) is 21.7. The monoisotopic (exact) mass is 1070 g/mol. The number of carbonyl (C=O) groups excluding carboxylic acids is 3. The number of allylic oxidation sites excluding steroid dienone is 26. The maximum Gasteiger partial charge on any atom is 0.306 e. The number of hydrogen-bond acceptors (Lipinski definition) is 6. The molecule has 0 N–H and O–H groups in total. The van der Waals surface area contributed by atoms with Crippen molar-refractivity contribution in [2.24, 2.45) is 0 Å².